The van der Waals surface area contributed by atoms with Gasteiger partial charge in [0, 0.05) is 18.7 Å². The maximum atomic E-state index is 10.5. The van der Waals surface area contributed by atoms with Gasteiger partial charge in [-0.25, -0.2) is 0 Å². The Kier molecular flexibility index (Phi) is 3.78. The number of ether oxygens (including phenoxy) is 1. The number of hydrogen-bond acceptors (Lipinski definition) is 3. The zero-order valence-electron chi connectivity index (χ0n) is 10.1. The molecule has 1 aromatic rings. The first-order valence-corrected chi connectivity index (χ1v) is 6.01. The van der Waals surface area contributed by atoms with Crippen molar-refractivity contribution in [3.05, 3.63) is 17.5 Å². The van der Waals surface area contributed by atoms with Gasteiger partial charge in [-0.05, 0) is 31.7 Å². The van der Waals surface area contributed by atoms with Crippen molar-refractivity contribution in [3.63, 3.8) is 0 Å². The first-order valence-electron chi connectivity index (χ1n) is 6.01. The minimum absolute atomic E-state index is 0.160. The van der Waals surface area contributed by atoms with Crippen LogP contribution >= 0.6 is 0 Å². The van der Waals surface area contributed by atoms with Crippen molar-refractivity contribution in [2.75, 3.05) is 13.2 Å². The first kappa shape index (κ1) is 12.1. The lowest BCUT2D eigenvalue weighted by molar-refractivity contribution is -0.136. The predicted molar refractivity (Wildman–Crippen MR) is 62.0 cm³/mol. The zero-order chi connectivity index (χ0) is 12.3. The maximum Gasteiger partial charge on any atom is 0.303 e. The van der Waals surface area contributed by atoms with E-state index in [-0.39, 0.29) is 6.42 Å². The Hall–Kier alpha value is -1.36. The SMILES string of the molecule is Cc1c(CCC(=O)O)cnn1C1CCCOC1. The largest absolute Gasteiger partial charge is 0.481 e. The van der Waals surface area contributed by atoms with E-state index in [0.717, 1.165) is 30.7 Å². The number of aryl methyl sites for hydroxylation is 1. The summed E-state index contributed by atoms with van der Waals surface area (Å²) in [4.78, 5) is 10.5. The van der Waals surface area contributed by atoms with E-state index in [0.29, 0.717) is 19.1 Å². The molecule has 1 aliphatic rings. The van der Waals surface area contributed by atoms with Gasteiger partial charge < -0.3 is 9.84 Å². The van der Waals surface area contributed by atoms with E-state index >= 15 is 0 Å². The van der Waals surface area contributed by atoms with Gasteiger partial charge in [0.25, 0.3) is 0 Å². The van der Waals surface area contributed by atoms with E-state index < -0.39 is 5.97 Å². The Labute approximate surface area is 100 Å². The lowest BCUT2D eigenvalue weighted by Crippen LogP contribution is -2.23. The standard InChI is InChI=1S/C12H18N2O3/c1-9-10(4-5-12(15)16)7-13-14(9)11-3-2-6-17-8-11/h7,11H,2-6,8H2,1H3,(H,15,16). The summed E-state index contributed by atoms with van der Waals surface area (Å²) in [7, 11) is 0. The third kappa shape index (κ3) is 2.85. The van der Waals surface area contributed by atoms with Crippen LogP contribution in [-0.2, 0) is 16.0 Å². The minimum atomic E-state index is -0.766. The molecule has 0 saturated carbocycles. The van der Waals surface area contributed by atoms with E-state index in [1.165, 1.54) is 0 Å². The summed E-state index contributed by atoms with van der Waals surface area (Å²) in [5.74, 6) is -0.766. The van der Waals surface area contributed by atoms with E-state index in [4.69, 9.17) is 9.84 Å². The second-order valence-electron chi connectivity index (χ2n) is 4.46. The molecule has 17 heavy (non-hydrogen) atoms. The molecule has 1 saturated heterocycles. The topological polar surface area (TPSA) is 64.3 Å². The van der Waals surface area contributed by atoms with Gasteiger partial charge in [0.15, 0.2) is 0 Å². The highest BCUT2D eigenvalue weighted by atomic mass is 16.5. The number of carboxylic acid groups (broad SMARTS) is 1. The molecule has 1 unspecified atom stereocenters. The lowest BCUT2D eigenvalue weighted by atomic mass is 10.1. The van der Waals surface area contributed by atoms with Gasteiger partial charge in [-0.2, -0.15) is 5.10 Å². The average Bonchev–Trinajstić information content (AvgIpc) is 2.69. The first-order chi connectivity index (χ1) is 8.18. The number of carbonyl (C=O) groups is 1. The average molecular weight is 238 g/mol. The molecule has 1 aliphatic heterocycles. The molecule has 0 aliphatic carbocycles. The van der Waals surface area contributed by atoms with Crippen molar-refractivity contribution in [1.29, 1.82) is 0 Å². The monoisotopic (exact) mass is 238 g/mol. The van der Waals surface area contributed by atoms with E-state index in [1.54, 1.807) is 6.20 Å². The number of aliphatic carboxylic acids is 1. The van der Waals surface area contributed by atoms with Crippen LogP contribution in [0.2, 0.25) is 0 Å². The molecule has 2 rings (SSSR count). The van der Waals surface area contributed by atoms with Crippen LogP contribution in [0.1, 0.15) is 36.6 Å². The van der Waals surface area contributed by atoms with Crippen LogP contribution in [0.5, 0.6) is 0 Å². The van der Waals surface area contributed by atoms with Crippen molar-refractivity contribution in [1.82, 2.24) is 9.78 Å². The summed E-state index contributed by atoms with van der Waals surface area (Å²) < 4.78 is 7.43. The summed E-state index contributed by atoms with van der Waals surface area (Å²) >= 11 is 0. The lowest BCUT2D eigenvalue weighted by Gasteiger charge is -2.23. The van der Waals surface area contributed by atoms with Gasteiger partial charge in [-0.3, -0.25) is 9.48 Å². The second kappa shape index (κ2) is 5.31. The maximum absolute atomic E-state index is 10.5. The van der Waals surface area contributed by atoms with E-state index in [9.17, 15) is 4.79 Å². The van der Waals surface area contributed by atoms with Gasteiger partial charge >= 0.3 is 5.97 Å². The second-order valence-corrected chi connectivity index (χ2v) is 4.46. The van der Waals surface area contributed by atoms with Crippen molar-refractivity contribution < 1.29 is 14.6 Å². The normalized spacial score (nSPS) is 20.4. The zero-order valence-corrected chi connectivity index (χ0v) is 10.1. The van der Waals surface area contributed by atoms with Crippen molar-refractivity contribution in [3.8, 4) is 0 Å². The molecule has 1 fully saturated rings. The molecule has 94 valence electrons. The molecule has 2 heterocycles. The molecular weight excluding hydrogens is 220 g/mol. The molecule has 0 spiro atoms. The highest BCUT2D eigenvalue weighted by molar-refractivity contribution is 5.67. The minimum Gasteiger partial charge on any atom is -0.481 e. The fraction of sp³-hybridized carbons (Fsp3) is 0.667. The third-order valence-electron chi connectivity index (χ3n) is 3.24. The summed E-state index contributed by atoms with van der Waals surface area (Å²) in [6.07, 6.45) is 4.64. The molecule has 0 radical (unpaired) electrons. The molecule has 0 amide bonds. The quantitative estimate of drug-likeness (QED) is 0.864. The number of aromatic nitrogens is 2. The Bertz CT molecular complexity index is 394. The number of carboxylic acids is 1. The Balaban J connectivity index is 2.05. The summed E-state index contributed by atoms with van der Waals surface area (Å²) in [6.45, 7) is 3.54. The molecular formula is C12H18N2O3. The Morgan fingerprint density at radius 1 is 1.71 bits per heavy atom. The van der Waals surface area contributed by atoms with Crippen LogP contribution in [0.15, 0.2) is 6.20 Å². The molecule has 1 N–H and O–H groups in total. The van der Waals surface area contributed by atoms with Crippen LogP contribution in [0, 0.1) is 6.92 Å². The molecule has 5 nitrogen and oxygen atoms in total. The summed E-state index contributed by atoms with van der Waals surface area (Å²) in [5, 5.41) is 13.0. The molecule has 0 aromatic carbocycles. The van der Waals surface area contributed by atoms with Gasteiger partial charge in [0.2, 0.25) is 0 Å². The molecule has 0 bridgehead atoms. The van der Waals surface area contributed by atoms with Crippen LogP contribution in [0.25, 0.3) is 0 Å². The van der Waals surface area contributed by atoms with Gasteiger partial charge in [0.05, 0.1) is 18.8 Å². The molecule has 1 aromatic heterocycles. The van der Waals surface area contributed by atoms with Crippen LogP contribution < -0.4 is 0 Å². The Morgan fingerprint density at radius 2 is 2.53 bits per heavy atom. The van der Waals surface area contributed by atoms with E-state index in [1.807, 2.05) is 11.6 Å². The summed E-state index contributed by atoms with van der Waals surface area (Å²) in [5.41, 5.74) is 2.10. The van der Waals surface area contributed by atoms with Crippen LogP contribution in [0.3, 0.4) is 0 Å². The van der Waals surface area contributed by atoms with Crippen molar-refractivity contribution in [2.45, 2.75) is 38.6 Å². The van der Waals surface area contributed by atoms with Crippen LogP contribution in [-0.4, -0.2) is 34.1 Å². The molecule has 5 heteroatoms. The van der Waals surface area contributed by atoms with Gasteiger partial charge in [0.1, 0.15) is 0 Å². The number of nitrogens with zero attached hydrogens (tertiary/aromatic N) is 2. The van der Waals surface area contributed by atoms with Crippen LogP contribution in [0.4, 0.5) is 0 Å². The van der Waals surface area contributed by atoms with E-state index in [2.05, 4.69) is 5.10 Å². The van der Waals surface area contributed by atoms with Gasteiger partial charge in [-0.1, -0.05) is 0 Å². The molecule has 1 atom stereocenters. The predicted octanol–water partition coefficient (Wildman–Crippen LogP) is 1.56. The van der Waals surface area contributed by atoms with Crippen molar-refractivity contribution >= 4 is 5.97 Å². The number of hydrogen-bond donors (Lipinski definition) is 1. The van der Waals surface area contributed by atoms with Crippen molar-refractivity contribution in [2.24, 2.45) is 0 Å². The highest BCUT2D eigenvalue weighted by Gasteiger charge is 2.19. The van der Waals surface area contributed by atoms with Gasteiger partial charge in [-0.15, -0.1) is 0 Å². The Morgan fingerprint density at radius 3 is 3.18 bits per heavy atom. The third-order valence-corrected chi connectivity index (χ3v) is 3.24. The fourth-order valence-electron chi connectivity index (χ4n) is 2.23. The fourth-order valence-corrected chi connectivity index (χ4v) is 2.23. The number of rotatable bonds is 4. The highest BCUT2D eigenvalue weighted by Crippen LogP contribution is 2.22. The summed E-state index contributed by atoms with van der Waals surface area (Å²) in [6, 6.07) is 0.308. The smallest absolute Gasteiger partial charge is 0.303 e.